The van der Waals surface area contributed by atoms with Crippen molar-refractivity contribution < 1.29 is 14.3 Å². The predicted molar refractivity (Wildman–Crippen MR) is 127 cm³/mol. The highest BCUT2D eigenvalue weighted by atomic mass is 35.5. The summed E-state index contributed by atoms with van der Waals surface area (Å²) in [4.78, 5) is 29.4. The fraction of sp³-hybridized carbons (Fsp3) is 0.333. The van der Waals surface area contributed by atoms with Gasteiger partial charge in [0.15, 0.2) is 0 Å². The third-order valence-corrected chi connectivity index (χ3v) is 7.98. The summed E-state index contributed by atoms with van der Waals surface area (Å²) in [5, 5.41) is 4.76. The number of methoxy groups -OCH3 is 1. The molecule has 0 aliphatic carbocycles. The minimum absolute atomic E-state index is 0. The number of thiophene rings is 2. The molecule has 1 aliphatic rings. The number of nitrogens with one attached hydrogen (secondary N) is 1. The van der Waals surface area contributed by atoms with Gasteiger partial charge in [-0.15, -0.1) is 35.1 Å². The number of esters is 1. The molecule has 0 atom stereocenters. The van der Waals surface area contributed by atoms with Crippen LogP contribution in [-0.4, -0.2) is 36.5 Å². The van der Waals surface area contributed by atoms with Crippen molar-refractivity contribution in [1.82, 2.24) is 4.90 Å². The van der Waals surface area contributed by atoms with Crippen LogP contribution in [-0.2, 0) is 17.7 Å². The highest BCUT2D eigenvalue weighted by molar-refractivity contribution is 7.22. The van der Waals surface area contributed by atoms with Crippen LogP contribution in [0.5, 0.6) is 0 Å². The Kier molecular flexibility index (Phi) is 7.09. The molecule has 0 radical (unpaired) electrons. The second-order valence-electron chi connectivity index (χ2n) is 7.21. The summed E-state index contributed by atoms with van der Waals surface area (Å²) in [5.74, 6) is -0.723. The quantitative estimate of drug-likeness (QED) is 0.472. The number of rotatable bonds is 4. The standard InChI is InChI=1S/C21H21ClN2O3S2.ClH/c1-11(2)24-9-8-12-15(10-24)29-20(16(12)21(26)27-3)23-19(25)18-17(22)13-6-4-5-7-14(13)28-18;/h4-7,11H,8-10H2,1-3H3,(H,23,25);1H. The molecule has 0 saturated carbocycles. The minimum Gasteiger partial charge on any atom is -0.465 e. The molecule has 4 rings (SSSR count). The van der Waals surface area contributed by atoms with Gasteiger partial charge < -0.3 is 10.1 Å². The number of nitrogens with zero attached hydrogens (tertiary/aromatic N) is 1. The van der Waals surface area contributed by atoms with Gasteiger partial charge in [-0.3, -0.25) is 9.69 Å². The van der Waals surface area contributed by atoms with E-state index in [0.717, 1.165) is 40.0 Å². The molecule has 2 aromatic heterocycles. The number of halogens is 2. The molecule has 1 amide bonds. The lowest BCUT2D eigenvalue weighted by atomic mass is 10.0. The molecule has 0 saturated heterocycles. The van der Waals surface area contributed by atoms with Gasteiger partial charge in [0, 0.05) is 34.1 Å². The first-order valence-corrected chi connectivity index (χ1v) is 11.4. The van der Waals surface area contributed by atoms with Crippen LogP contribution in [0.25, 0.3) is 10.1 Å². The zero-order valence-electron chi connectivity index (χ0n) is 16.8. The van der Waals surface area contributed by atoms with Crippen molar-refractivity contribution in [3.8, 4) is 0 Å². The van der Waals surface area contributed by atoms with Crippen molar-refractivity contribution in [3.63, 3.8) is 0 Å². The maximum atomic E-state index is 13.0. The number of amides is 1. The molecule has 3 heterocycles. The number of hydrogen-bond donors (Lipinski definition) is 1. The van der Waals surface area contributed by atoms with Crippen LogP contribution in [0, 0.1) is 0 Å². The summed E-state index contributed by atoms with van der Waals surface area (Å²) in [5.41, 5.74) is 1.46. The topological polar surface area (TPSA) is 58.6 Å². The van der Waals surface area contributed by atoms with E-state index in [0.29, 0.717) is 26.5 Å². The molecule has 5 nitrogen and oxygen atoms in total. The fourth-order valence-electron chi connectivity index (χ4n) is 3.59. The van der Waals surface area contributed by atoms with Crippen molar-refractivity contribution in [3.05, 3.63) is 50.2 Å². The molecular formula is C21H22Cl2N2O3S2. The lowest BCUT2D eigenvalue weighted by Gasteiger charge is -2.30. The lowest BCUT2D eigenvalue weighted by molar-refractivity contribution is 0.0600. The van der Waals surface area contributed by atoms with Gasteiger partial charge in [-0.05, 0) is 31.9 Å². The first-order valence-electron chi connectivity index (χ1n) is 9.36. The normalized spacial score (nSPS) is 13.8. The number of anilines is 1. The largest absolute Gasteiger partial charge is 0.465 e. The van der Waals surface area contributed by atoms with Gasteiger partial charge in [0.05, 0.1) is 17.7 Å². The Morgan fingerprint density at radius 3 is 2.63 bits per heavy atom. The number of carbonyl (C=O) groups excluding carboxylic acids is 2. The first kappa shape index (κ1) is 23.0. The van der Waals surface area contributed by atoms with Gasteiger partial charge in [0.25, 0.3) is 5.91 Å². The van der Waals surface area contributed by atoms with E-state index in [1.165, 1.54) is 29.8 Å². The van der Waals surface area contributed by atoms with E-state index in [1.54, 1.807) is 0 Å². The van der Waals surface area contributed by atoms with Crippen LogP contribution in [0.2, 0.25) is 5.02 Å². The highest BCUT2D eigenvalue weighted by Crippen LogP contribution is 2.40. The van der Waals surface area contributed by atoms with Gasteiger partial charge in [0.2, 0.25) is 0 Å². The van der Waals surface area contributed by atoms with Crippen molar-refractivity contribution in [2.45, 2.75) is 32.9 Å². The lowest BCUT2D eigenvalue weighted by Crippen LogP contribution is -2.35. The summed E-state index contributed by atoms with van der Waals surface area (Å²) in [6.07, 6.45) is 0.758. The van der Waals surface area contributed by atoms with E-state index in [-0.39, 0.29) is 18.3 Å². The summed E-state index contributed by atoms with van der Waals surface area (Å²) in [6.45, 7) is 5.96. The van der Waals surface area contributed by atoms with Crippen molar-refractivity contribution in [2.75, 3.05) is 19.0 Å². The zero-order chi connectivity index (χ0) is 20.7. The minimum atomic E-state index is -0.418. The number of benzene rings is 1. The van der Waals surface area contributed by atoms with Gasteiger partial charge in [-0.25, -0.2) is 4.79 Å². The molecule has 0 bridgehead atoms. The van der Waals surface area contributed by atoms with E-state index < -0.39 is 5.97 Å². The predicted octanol–water partition coefficient (Wildman–Crippen LogP) is 5.84. The molecule has 1 aromatic carbocycles. The van der Waals surface area contributed by atoms with E-state index in [9.17, 15) is 9.59 Å². The number of hydrogen-bond acceptors (Lipinski definition) is 6. The fourth-order valence-corrected chi connectivity index (χ4v) is 6.26. The average molecular weight is 485 g/mol. The van der Waals surface area contributed by atoms with Crippen molar-refractivity contribution >= 4 is 73.6 Å². The Hall–Kier alpha value is -1.64. The number of carbonyl (C=O) groups is 2. The Morgan fingerprint density at radius 2 is 1.97 bits per heavy atom. The molecule has 30 heavy (non-hydrogen) atoms. The third-order valence-electron chi connectivity index (χ3n) is 5.17. The molecule has 160 valence electrons. The molecule has 1 aliphatic heterocycles. The van der Waals surface area contributed by atoms with Gasteiger partial charge >= 0.3 is 5.97 Å². The summed E-state index contributed by atoms with van der Waals surface area (Å²) >= 11 is 9.25. The Morgan fingerprint density at radius 1 is 1.23 bits per heavy atom. The smallest absolute Gasteiger partial charge is 0.341 e. The van der Waals surface area contributed by atoms with Crippen LogP contribution in [0.4, 0.5) is 5.00 Å². The second kappa shape index (κ2) is 9.24. The van der Waals surface area contributed by atoms with E-state index in [1.807, 2.05) is 24.3 Å². The highest BCUT2D eigenvalue weighted by Gasteiger charge is 2.30. The molecule has 9 heteroatoms. The Bertz CT molecular complexity index is 1110. The molecular weight excluding hydrogens is 463 g/mol. The Balaban J connectivity index is 0.00000256. The van der Waals surface area contributed by atoms with Gasteiger partial charge in [-0.2, -0.15) is 0 Å². The van der Waals surface area contributed by atoms with Crippen LogP contribution in [0.3, 0.4) is 0 Å². The van der Waals surface area contributed by atoms with Crippen LogP contribution >= 0.6 is 46.7 Å². The van der Waals surface area contributed by atoms with Crippen LogP contribution in [0.1, 0.15) is 44.3 Å². The number of fused-ring (bicyclic) bond motifs is 2. The van der Waals surface area contributed by atoms with E-state index >= 15 is 0 Å². The third kappa shape index (κ3) is 4.09. The van der Waals surface area contributed by atoms with Gasteiger partial charge in [-0.1, -0.05) is 29.8 Å². The van der Waals surface area contributed by atoms with E-state index in [2.05, 4.69) is 24.1 Å². The van der Waals surface area contributed by atoms with Gasteiger partial charge in [0.1, 0.15) is 9.88 Å². The number of ether oxygens (including phenoxy) is 1. The molecule has 3 aromatic rings. The molecule has 1 N–H and O–H groups in total. The molecule has 0 spiro atoms. The Labute approximate surface area is 194 Å². The SMILES string of the molecule is COC(=O)c1c(NC(=O)c2sc3ccccc3c2Cl)sc2c1CCN(C(C)C)C2.Cl. The summed E-state index contributed by atoms with van der Waals surface area (Å²) in [6, 6.07) is 8.07. The first-order chi connectivity index (χ1) is 13.9. The van der Waals surface area contributed by atoms with Crippen molar-refractivity contribution in [1.29, 1.82) is 0 Å². The maximum Gasteiger partial charge on any atom is 0.341 e. The van der Waals surface area contributed by atoms with Crippen LogP contribution < -0.4 is 5.32 Å². The monoisotopic (exact) mass is 484 g/mol. The summed E-state index contributed by atoms with van der Waals surface area (Å²) in [7, 11) is 1.37. The maximum absolute atomic E-state index is 13.0. The van der Waals surface area contributed by atoms with Crippen LogP contribution in [0.15, 0.2) is 24.3 Å². The van der Waals surface area contributed by atoms with Crippen molar-refractivity contribution in [2.24, 2.45) is 0 Å². The summed E-state index contributed by atoms with van der Waals surface area (Å²) < 4.78 is 5.97. The zero-order valence-corrected chi connectivity index (χ0v) is 20.0. The molecule has 0 unspecified atom stereocenters. The second-order valence-corrected chi connectivity index (χ2v) is 9.74. The van der Waals surface area contributed by atoms with E-state index in [4.69, 9.17) is 16.3 Å². The average Bonchev–Trinajstić information content (AvgIpc) is 3.24. The molecule has 0 fully saturated rings.